The van der Waals surface area contributed by atoms with Crippen molar-refractivity contribution in [3.63, 3.8) is 0 Å². The van der Waals surface area contributed by atoms with E-state index in [2.05, 4.69) is 0 Å². The summed E-state index contributed by atoms with van der Waals surface area (Å²) >= 11 is 0. The van der Waals surface area contributed by atoms with Gasteiger partial charge in [-0.05, 0) is 81.3 Å². The van der Waals surface area contributed by atoms with Crippen LogP contribution in [-0.4, -0.2) is 58.1 Å². The summed E-state index contributed by atoms with van der Waals surface area (Å²) in [6.45, 7) is 7.84. The third-order valence-corrected chi connectivity index (χ3v) is 7.39. The zero-order valence-corrected chi connectivity index (χ0v) is 21.5. The average molecular weight is 492 g/mol. The largest absolute Gasteiger partial charge is 0.350 e. The fraction of sp³-hybridized carbons (Fsp3) is 0.414. The number of likely N-dealkylation sites (tertiary alicyclic amines) is 1. The lowest BCUT2D eigenvalue weighted by molar-refractivity contribution is -0.126. The predicted octanol–water partition coefficient (Wildman–Crippen LogP) is 4.77. The summed E-state index contributed by atoms with van der Waals surface area (Å²) in [5.74, 6) is -0.899. The maximum absolute atomic E-state index is 13.5. The molecule has 36 heavy (non-hydrogen) atoms. The van der Waals surface area contributed by atoms with Crippen LogP contribution in [0, 0.1) is 18.7 Å². The summed E-state index contributed by atoms with van der Waals surface area (Å²) in [5, 5.41) is 0.628. The molecule has 1 fully saturated rings. The lowest BCUT2D eigenvalue weighted by atomic mass is 9.89. The van der Waals surface area contributed by atoms with Crippen LogP contribution in [0.3, 0.4) is 0 Å². The van der Waals surface area contributed by atoms with Gasteiger partial charge in [-0.15, -0.1) is 0 Å². The first-order valence-corrected chi connectivity index (χ1v) is 12.7. The first-order valence-electron chi connectivity index (χ1n) is 12.7. The minimum Gasteiger partial charge on any atom is -0.350 e. The number of amides is 2. The van der Waals surface area contributed by atoms with Gasteiger partial charge in [0.2, 0.25) is 0 Å². The van der Waals surface area contributed by atoms with Crippen molar-refractivity contribution >= 4 is 28.5 Å². The number of rotatable bonds is 7. The molecular formula is C29H34FN3O3. The van der Waals surface area contributed by atoms with Crippen LogP contribution >= 0.6 is 0 Å². The van der Waals surface area contributed by atoms with Gasteiger partial charge in [0.25, 0.3) is 17.6 Å². The first kappa shape index (κ1) is 25.6. The Bertz CT molecular complexity index is 1280. The Hall–Kier alpha value is -3.48. The highest BCUT2D eigenvalue weighted by Crippen LogP contribution is 2.28. The number of nitrogens with zero attached hydrogens (tertiary/aromatic N) is 3. The van der Waals surface area contributed by atoms with Gasteiger partial charge in [0.15, 0.2) is 0 Å². The van der Waals surface area contributed by atoms with Gasteiger partial charge >= 0.3 is 0 Å². The Morgan fingerprint density at radius 1 is 1.00 bits per heavy atom. The normalized spacial score (nSPS) is 14.3. The van der Waals surface area contributed by atoms with Gasteiger partial charge in [0.1, 0.15) is 5.82 Å². The van der Waals surface area contributed by atoms with E-state index in [1.54, 1.807) is 12.3 Å². The molecule has 0 unspecified atom stereocenters. The fourth-order valence-corrected chi connectivity index (χ4v) is 5.18. The summed E-state index contributed by atoms with van der Waals surface area (Å²) in [5.41, 5.74) is 3.67. The lowest BCUT2D eigenvalue weighted by Gasteiger charge is -2.32. The summed E-state index contributed by atoms with van der Waals surface area (Å²) in [4.78, 5) is 42.7. The predicted molar refractivity (Wildman–Crippen MR) is 139 cm³/mol. The third-order valence-electron chi connectivity index (χ3n) is 7.39. The maximum atomic E-state index is 13.5. The lowest BCUT2D eigenvalue weighted by Crippen LogP contribution is -2.39. The molecule has 0 aliphatic carbocycles. The van der Waals surface area contributed by atoms with Crippen molar-refractivity contribution in [3.8, 4) is 0 Å². The van der Waals surface area contributed by atoms with Crippen LogP contribution in [0.5, 0.6) is 0 Å². The number of hydrogen-bond donors (Lipinski definition) is 0. The van der Waals surface area contributed by atoms with Crippen molar-refractivity contribution in [3.05, 3.63) is 70.7 Å². The van der Waals surface area contributed by atoms with Gasteiger partial charge in [-0.25, -0.2) is 4.39 Å². The Morgan fingerprint density at radius 2 is 1.64 bits per heavy atom. The van der Waals surface area contributed by atoms with E-state index in [4.69, 9.17) is 0 Å². The Labute approximate surface area is 211 Å². The maximum Gasteiger partial charge on any atom is 0.295 e. The van der Waals surface area contributed by atoms with Crippen molar-refractivity contribution in [2.24, 2.45) is 13.0 Å². The zero-order valence-electron chi connectivity index (χ0n) is 21.5. The number of aryl methyl sites for hydroxylation is 2. The molecule has 2 aromatic carbocycles. The quantitative estimate of drug-likeness (QED) is 0.353. The van der Waals surface area contributed by atoms with Gasteiger partial charge in [0, 0.05) is 55.9 Å². The molecule has 1 aromatic heterocycles. The average Bonchev–Trinajstić information content (AvgIpc) is 3.20. The van der Waals surface area contributed by atoms with E-state index >= 15 is 0 Å². The smallest absolute Gasteiger partial charge is 0.295 e. The molecule has 0 N–H and O–H groups in total. The molecule has 4 rings (SSSR count). The number of ketones is 1. The van der Waals surface area contributed by atoms with Gasteiger partial charge < -0.3 is 14.4 Å². The standard InChI is InChI=1S/C29H34FN3O3/c1-5-32(6-2)29(36)27(34)25-18-31(4)26-15-19(3)23(17-24(25)26)28(35)33-13-11-21(12-14-33)16-20-7-9-22(30)10-8-20/h7-10,15,17-18,21H,5-6,11-14,16H2,1-4H3. The molecule has 0 radical (unpaired) electrons. The molecule has 1 saturated heterocycles. The third kappa shape index (κ3) is 5.06. The number of hydrogen-bond acceptors (Lipinski definition) is 3. The summed E-state index contributed by atoms with van der Waals surface area (Å²) in [6, 6.07) is 10.3. The van der Waals surface area contributed by atoms with Crippen molar-refractivity contribution < 1.29 is 18.8 Å². The Kier molecular flexibility index (Phi) is 7.57. The number of benzene rings is 2. The molecule has 1 aliphatic heterocycles. The van der Waals surface area contributed by atoms with Gasteiger partial charge in [-0.1, -0.05) is 12.1 Å². The summed E-state index contributed by atoms with van der Waals surface area (Å²) in [7, 11) is 1.84. The molecule has 2 amide bonds. The number of carbonyl (C=O) groups is 3. The monoisotopic (exact) mass is 491 g/mol. The summed E-state index contributed by atoms with van der Waals surface area (Å²) < 4.78 is 15.0. The highest BCUT2D eigenvalue weighted by atomic mass is 19.1. The molecule has 7 heteroatoms. The van der Waals surface area contributed by atoms with Gasteiger partial charge in [-0.3, -0.25) is 14.4 Å². The molecule has 190 valence electrons. The number of carbonyl (C=O) groups excluding carboxylic acids is 3. The van der Waals surface area contributed by atoms with Crippen LogP contribution in [0.2, 0.25) is 0 Å². The number of likely N-dealkylation sites (N-methyl/N-ethyl adjacent to an activating group) is 1. The fourth-order valence-electron chi connectivity index (χ4n) is 5.18. The van der Waals surface area contributed by atoms with Crippen LogP contribution in [0.25, 0.3) is 10.9 Å². The van der Waals surface area contributed by atoms with E-state index in [0.717, 1.165) is 35.9 Å². The van der Waals surface area contributed by atoms with Gasteiger partial charge in [0.05, 0.1) is 5.56 Å². The Balaban J connectivity index is 1.53. The van der Waals surface area contributed by atoms with E-state index in [0.29, 0.717) is 48.6 Å². The number of aromatic nitrogens is 1. The molecule has 1 aliphatic rings. The molecule has 2 heterocycles. The van der Waals surface area contributed by atoms with Crippen molar-refractivity contribution in [1.29, 1.82) is 0 Å². The van der Waals surface area contributed by atoms with Crippen LogP contribution in [0.15, 0.2) is 42.6 Å². The van der Waals surface area contributed by atoms with Crippen LogP contribution < -0.4 is 0 Å². The zero-order chi connectivity index (χ0) is 26.0. The van der Waals surface area contributed by atoms with E-state index < -0.39 is 11.7 Å². The van der Waals surface area contributed by atoms with E-state index in [9.17, 15) is 18.8 Å². The molecule has 6 nitrogen and oxygen atoms in total. The molecule has 0 bridgehead atoms. The van der Waals surface area contributed by atoms with Crippen molar-refractivity contribution in [2.45, 2.75) is 40.0 Å². The van der Waals surface area contributed by atoms with E-state index in [1.807, 2.05) is 55.5 Å². The second kappa shape index (κ2) is 10.6. The molecule has 0 atom stereocenters. The molecule has 0 spiro atoms. The minimum atomic E-state index is -0.548. The highest BCUT2D eigenvalue weighted by Gasteiger charge is 2.28. The highest BCUT2D eigenvalue weighted by molar-refractivity contribution is 6.45. The second-order valence-corrected chi connectivity index (χ2v) is 9.71. The first-order chi connectivity index (χ1) is 17.2. The van der Waals surface area contributed by atoms with Crippen molar-refractivity contribution in [1.82, 2.24) is 14.4 Å². The summed E-state index contributed by atoms with van der Waals surface area (Å²) in [6.07, 6.45) is 4.34. The second-order valence-electron chi connectivity index (χ2n) is 9.71. The minimum absolute atomic E-state index is 0.0491. The number of halogens is 1. The molecule has 3 aromatic rings. The number of piperidine rings is 1. The van der Waals surface area contributed by atoms with Crippen LogP contribution in [-0.2, 0) is 18.3 Å². The van der Waals surface area contributed by atoms with Gasteiger partial charge in [-0.2, -0.15) is 0 Å². The van der Waals surface area contributed by atoms with E-state index in [-0.39, 0.29) is 11.7 Å². The SMILES string of the molecule is CCN(CC)C(=O)C(=O)c1cn(C)c2cc(C)c(C(=O)N3CCC(Cc4ccc(F)cc4)CC3)cc12. The van der Waals surface area contributed by atoms with E-state index in [1.165, 1.54) is 17.0 Å². The Morgan fingerprint density at radius 3 is 2.25 bits per heavy atom. The number of fused-ring (bicyclic) bond motifs is 1. The molecule has 0 saturated carbocycles. The van der Waals surface area contributed by atoms with Crippen LogP contribution in [0.1, 0.15) is 58.5 Å². The van der Waals surface area contributed by atoms with Crippen molar-refractivity contribution in [2.75, 3.05) is 26.2 Å². The number of Topliss-reactive ketones (excluding diaryl/α,β-unsaturated/α-hetero) is 1. The topological polar surface area (TPSA) is 62.6 Å². The van der Waals surface area contributed by atoms with Crippen LogP contribution in [0.4, 0.5) is 4.39 Å². The molecular weight excluding hydrogens is 457 g/mol.